The maximum Gasteiger partial charge on any atom is 0.340 e. The number of ether oxygens (including phenoxy) is 1. The second-order valence-electron chi connectivity index (χ2n) is 12.5. The first-order valence-electron chi connectivity index (χ1n) is 17.4. The van der Waals surface area contributed by atoms with Gasteiger partial charge in [0.25, 0.3) is 26.0 Å². The molecule has 4 N–H and O–H groups in total. The predicted molar refractivity (Wildman–Crippen MR) is 206 cm³/mol. The third kappa shape index (κ3) is 11.4. The summed E-state index contributed by atoms with van der Waals surface area (Å²) in [5.74, 6) is -1.85. The summed E-state index contributed by atoms with van der Waals surface area (Å²) in [4.78, 5) is 38.4. The number of amides is 2. The van der Waals surface area contributed by atoms with Crippen LogP contribution in [0.3, 0.4) is 0 Å². The van der Waals surface area contributed by atoms with Crippen molar-refractivity contribution in [2.45, 2.75) is 75.5 Å². The average Bonchev–Trinajstić information content (AvgIpc) is 3.14. The average molecular weight is 763 g/mol. The highest BCUT2D eigenvalue weighted by Crippen LogP contribution is 2.25. The number of aryl methyl sites for hydroxylation is 3. The van der Waals surface area contributed by atoms with Crippen molar-refractivity contribution in [1.29, 1.82) is 0 Å². The van der Waals surface area contributed by atoms with E-state index >= 15 is 0 Å². The molecule has 2 amide bonds. The van der Waals surface area contributed by atoms with Gasteiger partial charge in [-0.1, -0.05) is 51.0 Å². The Kier molecular flexibility index (Phi) is 14.2. The molecule has 0 bridgehead atoms. The Labute approximate surface area is 311 Å². The van der Waals surface area contributed by atoms with Gasteiger partial charge in [-0.2, -0.15) is 0 Å². The molecular formula is C39H46N4O8S2. The van der Waals surface area contributed by atoms with Crippen LogP contribution in [0.2, 0.25) is 0 Å². The zero-order valence-electron chi connectivity index (χ0n) is 30.3. The molecule has 4 aromatic carbocycles. The van der Waals surface area contributed by atoms with Crippen LogP contribution in [0.5, 0.6) is 0 Å². The van der Waals surface area contributed by atoms with E-state index in [1.54, 1.807) is 49.4 Å². The second kappa shape index (κ2) is 18.5. The Morgan fingerprint density at radius 1 is 0.679 bits per heavy atom. The van der Waals surface area contributed by atoms with Gasteiger partial charge in [-0.3, -0.25) is 19.0 Å². The molecule has 282 valence electrons. The molecule has 14 heteroatoms. The lowest BCUT2D eigenvalue weighted by molar-refractivity contribution is -0.116. The van der Waals surface area contributed by atoms with E-state index in [-0.39, 0.29) is 39.6 Å². The van der Waals surface area contributed by atoms with Gasteiger partial charge in [0.15, 0.2) is 0 Å². The van der Waals surface area contributed by atoms with Crippen LogP contribution < -0.4 is 20.1 Å². The molecule has 0 saturated heterocycles. The first-order valence-corrected chi connectivity index (χ1v) is 20.4. The van der Waals surface area contributed by atoms with Crippen LogP contribution >= 0.6 is 0 Å². The molecule has 0 unspecified atom stereocenters. The standard InChI is InChI=1S/C39H46N4O8S2/c1-5-7-9-28-11-17-32(18-12-28)52(47,48)42-35-22-16-31(25-27(35)3)41-37(44)23-24-40-38(45)30-15-21-36(34(26-30)39(46)51-4)43-53(49,50)33-19-13-29(14-20-33)10-8-6-2/h11-22,25-26,42-43H,5-10,23-24H2,1-4H3,(H,40,45)(H,41,44). The van der Waals surface area contributed by atoms with Gasteiger partial charge in [0, 0.05) is 24.2 Å². The Balaban J connectivity index is 1.33. The third-order valence-corrected chi connectivity index (χ3v) is 11.2. The molecule has 4 aromatic rings. The molecular weight excluding hydrogens is 717 g/mol. The molecule has 0 aliphatic carbocycles. The van der Waals surface area contributed by atoms with E-state index in [2.05, 4.69) is 33.9 Å². The smallest absolute Gasteiger partial charge is 0.340 e. The van der Waals surface area contributed by atoms with E-state index in [9.17, 15) is 31.2 Å². The number of hydrogen-bond donors (Lipinski definition) is 4. The molecule has 4 rings (SSSR count). The minimum Gasteiger partial charge on any atom is -0.465 e. The van der Waals surface area contributed by atoms with Crippen LogP contribution in [0, 0.1) is 6.92 Å². The fraction of sp³-hybridized carbons (Fsp3) is 0.308. The van der Waals surface area contributed by atoms with Crippen molar-refractivity contribution in [3.63, 3.8) is 0 Å². The van der Waals surface area contributed by atoms with Crippen molar-refractivity contribution in [2.24, 2.45) is 0 Å². The Bertz CT molecular complexity index is 2140. The van der Waals surface area contributed by atoms with Gasteiger partial charge in [0.1, 0.15) is 0 Å². The number of anilines is 3. The number of nitrogens with one attached hydrogen (secondary N) is 4. The van der Waals surface area contributed by atoms with E-state index in [4.69, 9.17) is 4.74 Å². The van der Waals surface area contributed by atoms with Crippen LogP contribution in [0.25, 0.3) is 0 Å². The van der Waals surface area contributed by atoms with Gasteiger partial charge >= 0.3 is 5.97 Å². The van der Waals surface area contributed by atoms with Gasteiger partial charge < -0.3 is 15.4 Å². The van der Waals surface area contributed by atoms with E-state index in [1.807, 2.05) is 12.1 Å². The van der Waals surface area contributed by atoms with Crippen molar-refractivity contribution in [3.05, 3.63) is 113 Å². The molecule has 53 heavy (non-hydrogen) atoms. The fourth-order valence-corrected chi connectivity index (χ4v) is 7.57. The normalized spacial score (nSPS) is 11.4. The van der Waals surface area contributed by atoms with E-state index in [0.29, 0.717) is 16.9 Å². The summed E-state index contributed by atoms with van der Waals surface area (Å²) >= 11 is 0. The van der Waals surface area contributed by atoms with Gasteiger partial charge in [0.05, 0.1) is 33.8 Å². The van der Waals surface area contributed by atoms with Gasteiger partial charge in [-0.25, -0.2) is 21.6 Å². The summed E-state index contributed by atoms with van der Waals surface area (Å²) in [5, 5.41) is 5.35. The zero-order chi connectivity index (χ0) is 38.6. The highest BCUT2D eigenvalue weighted by atomic mass is 32.2. The number of unbranched alkanes of at least 4 members (excludes halogenated alkanes) is 2. The third-order valence-electron chi connectivity index (χ3n) is 8.43. The Hall–Kier alpha value is -5.21. The van der Waals surface area contributed by atoms with E-state index in [0.717, 1.165) is 56.8 Å². The molecule has 0 spiro atoms. The molecule has 0 aliphatic heterocycles. The van der Waals surface area contributed by atoms with Crippen LogP contribution in [0.4, 0.5) is 17.1 Å². The lowest BCUT2D eigenvalue weighted by atomic mass is 10.1. The number of benzene rings is 4. The first kappa shape index (κ1) is 40.6. The number of methoxy groups -OCH3 is 1. The van der Waals surface area contributed by atoms with Crippen LogP contribution in [0.15, 0.2) is 94.7 Å². The van der Waals surface area contributed by atoms with Gasteiger partial charge in [0.2, 0.25) is 5.91 Å². The molecule has 0 fully saturated rings. The number of hydrogen-bond acceptors (Lipinski definition) is 8. The molecule has 12 nitrogen and oxygen atoms in total. The van der Waals surface area contributed by atoms with Gasteiger partial charge in [-0.05, 0) is 110 Å². The minimum atomic E-state index is -4.06. The molecule has 0 radical (unpaired) electrons. The van der Waals surface area contributed by atoms with Crippen molar-refractivity contribution < 1.29 is 36.0 Å². The summed E-state index contributed by atoms with van der Waals surface area (Å²) in [6, 6.07) is 21.9. The lowest BCUT2D eigenvalue weighted by Gasteiger charge is -2.14. The summed E-state index contributed by atoms with van der Waals surface area (Å²) in [5.41, 5.74) is 3.31. The molecule has 0 saturated carbocycles. The number of sulfonamides is 2. The number of carbonyl (C=O) groups excluding carboxylic acids is 3. The van der Waals surface area contributed by atoms with Crippen molar-refractivity contribution in [1.82, 2.24) is 5.32 Å². The predicted octanol–water partition coefficient (Wildman–Crippen LogP) is 6.83. The fourth-order valence-electron chi connectivity index (χ4n) is 5.36. The lowest BCUT2D eigenvalue weighted by Crippen LogP contribution is -2.28. The summed E-state index contributed by atoms with van der Waals surface area (Å²) in [6.07, 6.45) is 5.71. The zero-order valence-corrected chi connectivity index (χ0v) is 32.0. The minimum absolute atomic E-state index is 0.0171. The summed E-state index contributed by atoms with van der Waals surface area (Å²) < 4.78 is 62.0. The Morgan fingerprint density at radius 3 is 1.72 bits per heavy atom. The highest BCUT2D eigenvalue weighted by molar-refractivity contribution is 7.93. The monoisotopic (exact) mass is 762 g/mol. The van der Waals surface area contributed by atoms with E-state index in [1.165, 1.54) is 30.3 Å². The Morgan fingerprint density at radius 2 is 1.21 bits per heavy atom. The van der Waals surface area contributed by atoms with Gasteiger partial charge in [-0.15, -0.1) is 0 Å². The van der Waals surface area contributed by atoms with Crippen LogP contribution in [0.1, 0.15) is 83.4 Å². The molecule has 0 aliphatic rings. The quantitative estimate of drug-likeness (QED) is 0.0798. The largest absolute Gasteiger partial charge is 0.465 e. The number of rotatable bonds is 18. The number of esters is 1. The highest BCUT2D eigenvalue weighted by Gasteiger charge is 2.22. The number of carbonyl (C=O) groups is 3. The molecule has 0 atom stereocenters. The van der Waals surface area contributed by atoms with E-state index < -0.39 is 37.8 Å². The SMILES string of the molecule is CCCCc1ccc(S(=O)(=O)Nc2ccc(NC(=O)CCNC(=O)c3ccc(NS(=O)(=O)c4ccc(CCCC)cc4)c(C(=O)OC)c3)cc2C)cc1. The van der Waals surface area contributed by atoms with Crippen LogP contribution in [-0.4, -0.2) is 48.3 Å². The van der Waals surface area contributed by atoms with Crippen molar-refractivity contribution in [3.8, 4) is 0 Å². The molecule has 0 aromatic heterocycles. The first-order chi connectivity index (χ1) is 25.3. The summed E-state index contributed by atoms with van der Waals surface area (Å²) in [7, 11) is -6.74. The topological polar surface area (TPSA) is 177 Å². The summed E-state index contributed by atoms with van der Waals surface area (Å²) in [6.45, 7) is 5.84. The van der Waals surface area contributed by atoms with Crippen molar-refractivity contribution >= 4 is 54.9 Å². The second-order valence-corrected chi connectivity index (χ2v) is 15.9. The molecule has 0 heterocycles. The maximum atomic E-state index is 13.1. The van der Waals surface area contributed by atoms with Crippen molar-refractivity contribution in [2.75, 3.05) is 28.4 Å². The maximum absolute atomic E-state index is 13.1. The van der Waals surface area contributed by atoms with Crippen LogP contribution in [-0.2, 0) is 42.4 Å².